The summed E-state index contributed by atoms with van der Waals surface area (Å²) < 4.78 is 25.3. The molecular weight excluding hydrogens is 250 g/mol. The van der Waals surface area contributed by atoms with Crippen LogP contribution in [0.5, 0.6) is 0 Å². The van der Waals surface area contributed by atoms with Crippen molar-refractivity contribution < 1.29 is 8.42 Å². The molecule has 0 saturated carbocycles. The Bertz CT molecular complexity index is 443. The molecule has 0 unspecified atom stereocenters. The molecule has 0 aliphatic heterocycles. The zero-order valence-electron chi connectivity index (χ0n) is 10.9. The monoisotopic (exact) mass is 271 g/mol. The highest BCUT2D eigenvalue weighted by molar-refractivity contribution is 7.89. The molecule has 0 heterocycles. The largest absolute Gasteiger partial charge is 0.385 e. The van der Waals surface area contributed by atoms with Gasteiger partial charge in [-0.1, -0.05) is 6.92 Å². The zero-order chi connectivity index (χ0) is 13.4. The molecule has 1 aromatic carbocycles. The van der Waals surface area contributed by atoms with Crippen molar-refractivity contribution in [1.29, 1.82) is 0 Å². The molecule has 0 aromatic heterocycles. The summed E-state index contributed by atoms with van der Waals surface area (Å²) >= 11 is 0. The van der Waals surface area contributed by atoms with Gasteiger partial charge >= 0.3 is 0 Å². The van der Waals surface area contributed by atoms with Crippen molar-refractivity contribution in [2.24, 2.45) is 0 Å². The summed E-state index contributed by atoms with van der Waals surface area (Å²) in [6, 6.07) is 6.74. The second kappa shape index (κ2) is 7.35. The molecular formula is C12H21N3O2S. The number of hydrogen-bond donors (Lipinski definition) is 3. The second-order valence-corrected chi connectivity index (χ2v) is 5.75. The summed E-state index contributed by atoms with van der Waals surface area (Å²) in [5.74, 6) is 0. The summed E-state index contributed by atoms with van der Waals surface area (Å²) in [4.78, 5) is 0.281. The first-order chi connectivity index (χ1) is 8.60. The maximum atomic E-state index is 11.5. The van der Waals surface area contributed by atoms with Crippen molar-refractivity contribution in [3.63, 3.8) is 0 Å². The highest BCUT2D eigenvalue weighted by Crippen LogP contribution is 2.13. The minimum Gasteiger partial charge on any atom is -0.385 e. The molecule has 0 aliphatic rings. The predicted molar refractivity (Wildman–Crippen MR) is 74.3 cm³/mol. The van der Waals surface area contributed by atoms with Crippen LogP contribution in [0.2, 0.25) is 0 Å². The summed E-state index contributed by atoms with van der Waals surface area (Å²) in [6.07, 6.45) is 1.03. The van der Waals surface area contributed by atoms with E-state index in [9.17, 15) is 8.42 Å². The Hall–Kier alpha value is -1.11. The van der Waals surface area contributed by atoms with Crippen LogP contribution in [-0.4, -0.2) is 35.1 Å². The van der Waals surface area contributed by atoms with Gasteiger partial charge < -0.3 is 10.6 Å². The Morgan fingerprint density at radius 1 is 1.11 bits per heavy atom. The highest BCUT2D eigenvalue weighted by atomic mass is 32.2. The second-order valence-electron chi connectivity index (χ2n) is 3.87. The fourth-order valence-corrected chi connectivity index (χ4v) is 2.22. The van der Waals surface area contributed by atoms with E-state index < -0.39 is 10.0 Å². The van der Waals surface area contributed by atoms with Crippen molar-refractivity contribution in [1.82, 2.24) is 10.0 Å². The number of hydrogen-bond acceptors (Lipinski definition) is 4. The van der Waals surface area contributed by atoms with Gasteiger partial charge in [-0.3, -0.25) is 0 Å². The van der Waals surface area contributed by atoms with Gasteiger partial charge in [-0.25, -0.2) is 13.1 Å². The molecule has 6 heteroatoms. The highest BCUT2D eigenvalue weighted by Gasteiger charge is 2.09. The van der Waals surface area contributed by atoms with Crippen LogP contribution in [-0.2, 0) is 10.0 Å². The molecule has 0 fully saturated rings. The van der Waals surface area contributed by atoms with E-state index in [1.54, 1.807) is 24.3 Å². The van der Waals surface area contributed by atoms with Crippen LogP contribution in [0.15, 0.2) is 29.2 Å². The Morgan fingerprint density at radius 2 is 1.78 bits per heavy atom. The van der Waals surface area contributed by atoms with E-state index in [-0.39, 0.29) is 4.90 Å². The van der Waals surface area contributed by atoms with E-state index in [1.165, 1.54) is 7.05 Å². The van der Waals surface area contributed by atoms with Crippen molar-refractivity contribution in [2.75, 3.05) is 32.0 Å². The number of anilines is 1. The molecule has 3 N–H and O–H groups in total. The minimum absolute atomic E-state index is 0.281. The van der Waals surface area contributed by atoms with Crippen LogP contribution in [0, 0.1) is 0 Å². The van der Waals surface area contributed by atoms with Crippen LogP contribution >= 0.6 is 0 Å². The van der Waals surface area contributed by atoms with Crippen LogP contribution in [0.25, 0.3) is 0 Å². The van der Waals surface area contributed by atoms with Crippen molar-refractivity contribution in [2.45, 2.75) is 18.2 Å². The van der Waals surface area contributed by atoms with Gasteiger partial charge in [0.25, 0.3) is 0 Å². The maximum Gasteiger partial charge on any atom is 0.240 e. The molecule has 18 heavy (non-hydrogen) atoms. The maximum absolute atomic E-state index is 11.5. The standard InChI is InChI=1S/C12H21N3O2S/c1-3-14-9-4-10-15-11-5-7-12(8-6-11)18(16,17)13-2/h5-8,13-15H,3-4,9-10H2,1-2H3. The molecule has 0 radical (unpaired) electrons. The SMILES string of the molecule is CCNCCCNc1ccc(S(=O)(=O)NC)cc1. The Kier molecular flexibility index (Phi) is 6.11. The van der Waals surface area contributed by atoms with Gasteiger partial charge in [-0.05, 0) is 50.8 Å². The smallest absolute Gasteiger partial charge is 0.240 e. The summed E-state index contributed by atoms with van der Waals surface area (Å²) in [6.45, 7) is 4.91. The van der Waals surface area contributed by atoms with Gasteiger partial charge in [-0.2, -0.15) is 0 Å². The summed E-state index contributed by atoms with van der Waals surface area (Å²) in [5, 5.41) is 6.49. The lowest BCUT2D eigenvalue weighted by Gasteiger charge is -2.08. The zero-order valence-corrected chi connectivity index (χ0v) is 11.7. The number of sulfonamides is 1. The van der Waals surface area contributed by atoms with Gasteiger partial charge in [-0.15, -0.1) is 0 Å². The number of rotatable bonds is 8. The lowest BCUT2D eigenvalue weighted by atomic mass is 10.3. The van der Waals surface area contributed by atoms with Crippen molar-refractivity contribution in [3.05, 3.63) is 24.3 Å². The van der Waals surface area contributed by atoms with Crippen LogP contribution in [0.3, 0.4) is 0 Å². The van der Waals surface area contributed by atoms with Crippen LogP contribution < -0.4 is 15.4 Å². The molecule has 0 saturated heterocycles. The fourth-order valence-electron chi connectivity index (χ4n) is 1.49. The van der Waals surface area contributed by atoms with E-state index >= 15 is 0 Å². The van der Waals surface area contributed by atoms with Crippen molar-refractivity contribution >= 4 is 15.7 Å². The molecule has 0 spiro atoms. The molecule has 0 amide bonds. The third-order valence-electron chi connectivity index (χ3n) is 2.54. The minimum atomic E-state index is -3.34. The molecule has 0 atom stereocenters. The average molecular weight is 271 g/mol. The van der Waals surface area contributed by atoms with Gasteiger partial charge in [0.2, 0.25) is 10.0 Å². The Morgan fingerprint density at radius 3 is 2.33 bits per heavy atom. The van der Waals surface area contributed by atoms with Crippen molar-refractivity contribution in [3.8, 4) is 0 Å². The van der Waals surface area contributed by atoms with Gasteiger partial charge in [0.1, 0.15) is 0 Å². The molecule has 0 bridgehead atoms. The van der Waals surface area contributed by atoms with Gasteiger partial charge in [0.05, 0.1) is 4.90 Å². The lowest BCUT2D eigenvalue weighted by molar-refractivity contribution is 0.588. The van der Waals surface area contributed by atoms with E-state index in [1.807, 2.05) is 0 Å². The number of nitrogens with one attached hydrogen (secondary N) is 3. The van der Waals surface area contributed by atoms with Gasteiger partial charge in [0.15, 0.2) is 0 Å². The first-order valence-electron chi connectivity index (χ1n) is 6.08. The third kappa shape index (κ3) is 4.64. The lowest BCUT2D eigenvalue weighted by Crippen LogP contribution is -2.18. The molecule has 1 aromatic rings. The molecule has 0 aliphatic carbocycles. The van der Waals surface area contributed by atoms with E-state index in [0.29, 0.717) is 0 Å². The molecule has 1 rings (SSSR count). The van der Waals surface area contributed by atoms with E-state index in [0.717, 1.165) is 31.7 Å². The predicted octanol–water partition coefficient (Wildman–Crippen LogP) is 1.01. The van der Waals surface area contributed by atoms with E-state index in [4.69, 9.17) is 0 Å². The van der Waals surface area contributed by atoms with Crippen LogP contribution in [0.1, 0.15) is 13.3 Å². The quantitative estimate of drug-likeness (QED) is 0.617. The molecule has 102 valence electrons. The first-order valence-corrected chi connectivity index (χ1v) is 7.56. The fraction of sp³-hybridized carbons (Fsp3) is 0.500. The topological polar surface area (TPSA) is 70.2 Å². The summed E-state index contributed by atoms with van der Waals surface area (Å²) in [7, 11) is -1.93. The molecule has 5 nitrogen and oxygen atoms in total. The van der Waals surface area contributed by atoms with E-state index in [2.05, 4.69) is 22.3 Å². The Balaban J connectivity index is 2.46. The average Bonchev–Trinajstić information content (AvgIpc) is 2.39. The third-order valence-corrected chi connectivity index (χ3v) is 3.97. The van der Waals surface area contributed by atoms with Crippen LogP contribution in [0.4, 0.5) is 5.69 Å². The first kappa shape index (κ1) is 14.9. The Labute approximate surface area is 109 Å². The number of benzene rings is 1. The summed E-state index contributed by atoms with van der Waals surface area (Å²) in [5.41, 5.74) is 0.932. The van der Waals surface area contributed by atoms with Gasteiger partial charge in [0, 0.05) is 12.2 Å². The normalized spacial score (nSPS) is 11.4.